The Balaban J connectivity index is 1.38. The van der Waals surface area contributed by atoms with Gasteiger partial charge in [0.15, 0.2) is 12.4 Å². The standard InChI is InChI=1S/C31H22BrNO3/c1-20-7-16-28-26(17-20)27(18-29(33-28)23-12-14-25(32)15-13-23)31(35)36-19-30(34)24-10-8-22(9-11-24)21-5-3-2-4-6-21/h2-18H,19H2,1H3. The molecule has 0 saturated carbocycles. The van der Waals surface area contributed by atoms with Gasteiger partial charge in [0.05, 0.1) is 16.8 Å². The monoisotopic (exact) mass is 535 g/mol. The zero-order valence-corrected chi connectivity index (χ0v) is 21.2. The van der Waals surface area contributed by atoms with E-state index in [9.17, 15) is 9.59 Å². The minimum atomic E-state index is -0.555. The van der Waals surface area contributed by atoms with E-state index in [2.05, 4.69) is 15.9 Å². The van der Waals surface area contributed by atoms with Gasteiger partial charge < -0.3 is 4.74 Å². The van der Waals surface area contributed by atoms with Gasteiger partial charge in [-0.3, -0.25) is 4.79 Å². The molecular weight excluding hydrogens is 514 g/mol. The summed E-state index contributed by atoms with van der Waals surface area (Å²) in [4.78, 5) is 30.7. The lowest BCUT2D eigenvalue weighted by Gasteiger charge is -2.11. The number of nitrogens with zero attached hydrogens (tertiary/aromatic N) is 1. The molecule has 5 heteroatoms. The molecule has 4 nitrogen and oxygen atoms in total. The number of hydrogen-bond acceptors (Lipinski definition) is 4. The molecule has 36 heavy (non-hydrogen) atoms. The summed E-state index contributed by atoms with van der Waals surface area (Å²) in [5.74, 6) is -0.814. The van der Waals surface area contributed by atoms with Crippen LogP contribution in [0.15, 0.2) is 108 Å². The van der Waals surface area contributed by atoms with E-state index in [0.29, 0.717) is 27.7 Å². The molecule has 0 atom stereocenters. The summed E-state index contributed by atoms with van der Waals surface area (Å²) in [5.41, 5.74) is 6.20. The number of fused-ring (bicyclic) bond motifs is 1. The normalized spacial score (nSPS) is 10.8. The number of rotatable bonds is 6. The number of esters is 1. The van der Waals surface area contributed by atoms with Crippen LogP contribution in [0.3, 0.4) is 0 Å². The van der Waals surface area contributed by atoms with Crippen LogP contribution in [0.5, 0.6) is 0 Å². The Morgan fingerprint density at radius 1 is 0.778 bits per heavy atom. The minimum absolute atomic E-state index is 0.259. The quantitative estimate of drug-likeness (QED) is 0.165. The van der Waals surface area contributed by atoms with Crippen LogP contribution >= 0.6 is 15.9 Å². The van der Waals surface area contributed by atoms with Gasteiger partial charge in [-0.05, 0) is 48.4 Å². The van der Waals surface area contributed by atoms with Crippen LogP contribution in [0.25, 0.3) is 33.3 Å². The van der Waals surface area contributed by atoms with Gasteiger partial charge in [-0.1, -0.05) is 94.3 Å². The average Bonchev–Trinajstić information content (AvgIpc) is 2.92. The summed E-state index contributed by atoms with van der Waals surface area (Å²) in [5, 5.41) is 0.695. The Labute approximate surface area is 217 Å². The average molecular weight is 536 g/mol. The van der Waals surface area contributed by atoms with Crippen molar-refractivity contribution in [1.29, 1.82) is 0 Å². The number of pyridine rings is 1. The first-order valence-electron chi connectivity index (χ1n) is 11.5. The molecule has 0 aliphatic carbocycles. The van der Waals surface area contributed by atoms with E-state index in [0.717, 1.165) is 26.7 Å². The predicted octanol–water partition coefficient (Wildman–Crippen LogP) is 7.68. The van der Waals surface area contributed by atoms with Gasteiger partial charge in [0.2, 0.25) is 0 Å². The van der Waals surface area contributed by atoms with Crippen LogP contribution in [0.4, 0.5) is 0 Å². The molecule has 0 spiro atoms. The van der Waals surface area contributed by atoms with Gasteiger partial charge in [-0.25, -0.2) is 9.78 Å². The highest BCUT2D eigenvalue weighted by molar-refractivity contribution is 9.10. The van der Waals surface area contributed by atoms with E-state index in [1.54, 1.807) is 18.2 Å². The van der Waals surface area contributed by atoms with Crippen molar-refractivity contribution in [2.45, 2.75) is 6.92 Å². The Kier molecular flexibility index (Phi) is 6.74. The van der Waals surface area contributed by atoms with Crippen molar-refractivity contribution in [2.24, 2.45) is 0 Å². The molecule has 1 aromatic heterocycles. The number of ketones is 1. The molecule has 5 rings (SSSR count). The molecule has 0 saturated heterocycles. The van der Waals surface area contributed by atoms with E-state index in [4.69, 9.17) is 9.72 Å². The molecule has 0 aliphatic heterocycles. The molecule has 0 bridgehead atoms. The maximum Gasteiger partial charge on any atom is 0.339 e. The summed E-state index contributed by atoms with van der Waals surface area (Å²) in [6.07, 6.45) is 0. The third kappa shape index (κ3) is 5.11. The van der Waals surface area contributed by atoms with Gasteiger partial charge in [-0.2, -0.15) is 0 Å². The van der Waals surface area contributed by atoms with Crippen LogP contribution in [0, 0.1) is 6.92 Å². The fraction of sp³-hybridized carbons (Fsp3) is 0.0645. The molecule has 0 aliphatic rings. The number of ether oxygens (including phenoxy) is 1. The second kappa shape index (κ2) is 10.3. The Bertz CT molecular complexity index is 1560. The van der Waals surface area contributed by atoms with Gasteiger partial charge in [0, 0.05) is 21.0 Å². The number of carbonyl (C=O) groups is 2. The van der Waals surface area contributed by atoms with Crippen molar-refractivity contribution < 1.29 is 14.3 Å². The topological polar surface area (TPSA) is 56.3 Å². The second-order valence-electron chi connectivity index (χ2n) is 8.53. The SMILES string of the molecule is Cc1ccc2nc(-c3ccc(Br)cc3)cc(C(=O)OCC(=O)c3ccc(-c4ccccc4)cc3)c2c1. The zero-order chi connectivity index (χ0) is 25.1. The smallest absolute Gasteiger partial charge is 0.339 e. The van der Waals surface area contributed by atoms with E-state index in [-0.39, 0.29) is 12.4 Å². The molecule has 1 heterocycles. The number of carbonyl (C=O) groups excluding carboxylic acids is 2. The summed E-state index contributed by atoms with van der Waals surface area (Å²) in [6, 6.07) is 32.5. The maximum atomic E-state index is 13.2. The molecule has 0 fully saturated rings. The van der Waals surface area contributed by atoms with E-state index < -0.39 is 5.97 Å². The summed E-state index contributed by atoms with van der Waals surface area (Å²) < 4.78 is 6.45. The van der Waals surface area contributed by atoms with Gasteiger partial charge in [0.1, 0.15) is 0 Å². The fourth-order valence-electron chi connectivity index (χ4n) is 4.05. The molecular formula is C31H22BrNO3. The van der Waals surface area contributed by atoms with Crippen LogP contribution < -0.4 is 0 Å². The van der Waals surface area contributed by atoms with Crippen molar-refractivity contribution in [1.82, 2.24) is 4.98 Å². The lowest BCUT2D eigenvalue weighted by Crippen LogP contribution is -2.15. The highest BCUT2D eigenvalue weighted by Crippen LogP contribution is 2.27. The molecule has 4 aromatic carbocycles. The molecule has 0 amide bonds. The number of benzene rings is 4. The zero-order valence-electron chi connectivity index (χ0n) is 19.6. The Hall–Kier alpha value is -4.09. The predicted molar refractivity (Wildman–Crippen MR) is 146 cm³/mol. The summed E-state index contributed by atoms with van der Waals surface area (Å²) >= 11 is 3.45. The lowest BCUT2D eigenvalue weighted by atomic mass is 10.0. The number of halogens is 1. The first-order valence-corrected chi connectivity index (χ1v) is 12.3. The van der Waals surface area contributed by atoms with Crippen molar-refractivity contribution in [3.8, 4) is 22.4 Å². The number of hydrogen-bond donors (Lipinski definition) is 0. The van der Waals surface area contributed by atoms with Crippen molar-refractivity contribution in [3.05, 3.63) is 124 Å². The lowest BCUT2D eigenvalue weighted by molar-refractivity contribution is 0.0476. The number of aromatic nitrogens is 1. The third-order valence-electron chi connectivity index (χ3n) is 5.97. The minimum Gasteiger partial charge on any atom is -0.454 e. The first-order chi connectivity index (χ1) is 17.5. The fourth-order valence-corrected chi connectivity index (χ4v) is 4.31. The van der Waals surface area contributed by atoms with E-state index >= 15 is 0 Å². The van der Waals surface area contributed by atoms with Crippen LogP contribution in [0.1, 0.15) is 26.3 Å². The molecule has 0 radical (unpaired) electrons. The van der Waals surface area contributed by atoms with E-state index in [1.807, 2.05) is 91.9 Å². The molecule has 176 valence electrons. The van der Waals surface area contributed by atoms with Crippen LogP contribution in [-0.2, 0) is 4.74 Å². The van der Waals surface area contributed by atoms with Gasteiger partial charge in [-0.15, -0.1) is 0 Å². The Morgan fingerprint density at radius 2 is 1.44 bits per heavy atom. The van der Waals surface area contributed by atoms with Gasteiger partial charge in [0.25, 0.3) is 0 Å². The molecule has 0 unspecified atom stereocenters. The van der Waals surface area contributed by atoms with Crippen molar-refractivity contribution in [2.75, 3.05) is 6.61 Å². The highest BCUT2D eigenvalue weighted by Gasteiger charge is 2.18. The third-order valence-corrected chi connectivity index (χ3v) is 6.50. The van der Waals surface area contributed by atoms with Crippen LogP contribution in [0.2, 0.25) is 0 Å². The van der Waals surface area contributed by atoms with Crippen molar-refractivity contribution >= 4 is 38.6 Å². The summed E-state index contributed by atoms with van der Waals surface area (Å²) in [6.45, 7) is 1.62. The largest absolute Gasteiger partial charge is 0.454 e. The second-order valence-corrected chi connectivity index (χ2v) is 9.44. The molecule has 0 N–H and O–H groups in total. The van der Waals surface area contributed by atoms with Crippen LogP contribution in [-0.4, -0.2) is 23.3 Å². The maximum absolute atomic E-state index is 13.2. The highest BCUT2D eigenvalue weighted by atomic mass is 79.9. The summed E-state index contributed by atoms with van der Waals surface area (Å²) in [7, 11) is 0. The van der Waals surface area contributed by atoms with Gasteiger partial charge >= 0.3 is 5.97 Å². The van der Waals surface area contributed by atoms with Crippen molar-refractivity contribution in [3.63, 3.8) is 0 Å². The number of Topliss-reactive ketones (excluding diaryl/α,β-unsaturated/α-hetero) is 1. The van der Waals surface area contributed by atoms with E-state index in [1.165, 1.54) is 0 Å². The first kappa shape index (κ1) is 23.6. The molecule has 5 aromatic rings. The Morgan fingerprint density at radius 3 is 2.17 bits per heavy atom. The number of aryl methyl sites for hydroxylation is 1.